The predicted octanol–water partition coefficient (Wildman–Crippen LogP) is 2.85. The Morgan fingerprint density at radius 1 is 1.28 bits per heavy atom. The molecule has 2 aromatic heterocycles. The molecule has 0 bridgehead atoms. The quantitative estimate of drug-likeness (QED) is 0.823. The minimum Gasteiger partial charge on any atom is -0.461 e. The molecule has 1 N–H and O–H groups in total. The number of hydrogen-bond acceptors (Lipinski definition) is 4. The third kappa shape index (κ3) is 2.96. The third-order valence-corrected chi connectivity index (χ3v) is 2.71. The Hall–Kier alpha value is -1.68. The van der Waals surface area contributed by atoms with Crippen LogP contribution in [0.1, 0.15) is 30.3 Å². The van der Waals surface area contributed by atoms with Gasteiger partial charge in [-0.15, -0.1) is 0 Å². The Labute approximate surface area is 107 Å². The predicted molar refractivity (Wildman–Crippen MR) is 71.2 cm³/mol. The topological polar surface area (TPSA) is 51.0 Å². The standard InChI is InChI=1S/C14H19N3O/c1-4-6-15-9-12-8-11(3)16-14(17-12)13-10(2)5-7-18-13/h5,7-8,15H,4,6,9H2,1-3H3. The molecule has 0 aliphatic rings. The molecule has 0 aromatic carbocycles. The molecule has 0 amide bonds. The number of aryl methyl sites for hydroxylation is 2. The van der Waals surface area contributed by atoms with E-state index in [9.17, 15) is 0 Å². The van der Waals surface area contributed by atoms with E-state index in [0.717, 1.165) is 42.2 Å². The van der Waals surface area contributed by atoms with E-state index in [2.05, 4.69) is 22.2 Å². The lowest BCUT2D eigenvalue weighted by Gasteiger charge is -2.06. The van der Waals surface area contributed by atoms with Crippen LogP contribution < -0.4 is 5.32 Å². The van der Waals surface area contributed by atoms with Crippen molar-refractivity contribution in [2.75, 3.05) is 6.54 Å². The maximum absolute atomic E-state index is 5.44. The summed E-state index contributed by atoms with van der Waals surface area (Å²) in [7, 11) is 0. The van der Waals surface area contributed by atoms with Crippen LogP contribution in [0.3, 0.4) is 0 Å². The van der Waals surface area contributed by atoms with E-state index in [-0.39, 0.29) is 0 Å². The highest BCUT2D eigenvalue weighted by Crippen LogP contribution is 2.21. The Balaban J connectivity index is 2.24. The van der Waals surface area contributed by atoms with Gasteiger partial charge in [0.1, 0.15) is 0 Å². The molecule has 0 radical (unpaired) electrons. The highest BCUT2D eigenvalue weighted by molar-refractivity contribution is 5.52. The summed E-state index contributed by atoms with van der Waals surface area (Å²) in [6.07, 6.45) is 2.79. The number of rotatable bonds is 5. The van der Waals surface area contributed by atoms with Gasteiger partial charge in [-0.25, -0.2) is 9.97 Å². The number of aromatic nitrogens is 2. The maximum Gasteiger partial charge on any atom is 0.196 e. The highest BCUT2D eigenvalue weighted by atomic mass is 16.3. The smallest absolute Gasteiger partial charge is 0.196 e. The summed E-state index contributed by atoms with van der Waals surface area (Å²) >= 11 is 0. The Bertz CT molecular complexity index is 520. The second kappa shape index (κ2) is 5.78. The highest BCUT2D eigenvalue weighted by Gasteiger charge is 2.10. The van der Waals surface area contributed by atoms with Crippen molar-refractivity contribution in [2.24, 2.45) is 0 Å². The summed E-state index contributed by atoms with van der Waals surface area (Å²) in [4.78, 5) is 8.97. The van der Waals surface area contributed by atoms with Gasteiger partial charge >= 0.3 is 0 Å². The molecule has 0 spiro atoms. The van der Waals surface area contributed by atoms with Crippen molar-refractivity contribution in [3.63, 3.8) is 0 Å². The van der Waals surface area contributed by atoms with Gasteiger partial charge < -0.3 is 9.73 Å². The molecular formula is C14H19N3O. The Kier molecular flexibility index (Phi) is 4.10. The van der Waals surface area contributed by atoms with Crippen LogP contribution in [0, 0.1) is 13.8 Å². The number of nitrogens with one attached hydrogen (secondary N) is 1. The zero-order valence-corrected chi connectivity index (χ0v) is 11.2. The van der Waals surface area contributed by atoms with Gasteiger partial charge in [-0.3, -0.25) is 0 Å². The second-order valence-corrected chi connectivity index (χ2v) is 4.43. The maximum atomic E-state index is 5.44. The lowest BCUT2D eigenvalue weighted by atomic mass is 10.2. The molecule has 18 heavy (non-hydrogen) atoms. The fourth-order valence-electron chi connectivity index (χ4n) is 1.82. The minimum absolute atomic E-state index is 0.672. The van der Waals surface area contributed by atoms with Gasteiger partial charge in [-0.2, -0.15) is 0 Å². The van der Waals surface area contributed by atoms with E-state index in [1.807, 2.05) is 26.0 Å². The first-order valence-electron chi connectivity index (χ1n) is 6.30. The molecule has 2 heterocycles. The zero-order chi connectivity index (χ0) is 13.0. The largest absolute Gasteiger partial charge is 0.461 e. The third-order valence-electron chi connectivity index (χ3n) is 2.71. The minimum atomic E-state index is 0.672. The van der Waals surface area contributed by atoms with Crippen molar-refractivity contribution in [1.29, 1.82) is 0 Å². The fourth-order valence-corrected chi connectivity index (χ4v) is 1.82. The van der Waals surface area contributed by atoms with E-state index < -0.39 is 0 Å². The molecule has 0 atom stereocenters. The number of hydrogen-bond donors (Lipinski definition) is 1. The van der Waals surface area contributed by atoms with Crippen molar-refractivity contribution in [1.82, 2.24) is 15.3 Å². The summed E-state index contributed by atoms with van der Waals surface area (Å²) in [6, 6.07) is 3.93. The SMILES string of the molecule is CCCNCc1cc(C)nc(-c2occc2C)n1. The van der Waals surface area contributed by atoms with Crippen molar-refractivity contribution in [3.05, 3.63) is 35.3 Å². The molecular weight excluding hydrogens is 226 g/mol. The van der Waals surface area contributed by atoms with Gasteiger partial charge in [0.2, 0.25) is 0 Å². The summed E-state index contributed by atoms with van der Waals surface area (Å²) < 4.78 is 5.44. The van der Waals surface area contributed by atoms with E-state index in [1.54, 1.807) is 6.26 Å². The van der Waals surface area contributed by atoms with Crippen LogP contribution in [0.25, 0.3) is 11.6 Å². The average molecular weight is 245 g/mol. The molecule has 4 nitrogen and oxygen atoms in total. The van der Waals surface area contributed by atoms with E-state index in [1.165, 1.54) is 0 Å². The zero-order valence-electron chi connectivity index (χ0n) is 11.2. The van der Waals surface area contributed by atoms with Crippen LogP contribution in [-0.2, 0) is 6.54 Å². The molecule has 0 saturated carbocycles. The molecule has 2 rings (SSSR count). The van der Waals surface area contributed by atoms with Crippen molar-refractivity contribution in [2.45, 2.75) is 33.7 Å². The summed E-state index contributed by atoms with van der Waals surface area (Å²) in [5.41, 5.74) is 3.03. The first-order chi connectivity index (χ1) is 8.70. The van der Waals surface area contributed by atoms with Gasteiger partial charge in [-0.1, -0.05) is 6.92 Å². The van der Waals surface area contributed by atoms with Gasteiger partial charge in [0.15, 0.2) is 11.6 Å². The van der Waals surface area contributed by atoms with Crippen LogP contribution in [0.2, 0.25) is 0 Å². The summed E-state index contributed by atoms with van der Waals surface area (Å²) in [5, 5.41) is 3.34. The Morgan fingerprint density at radius 2 is 2.11 bits per heavy atom. The second-order valence-electron chi connectivity index (χ2n) is 4.43. The fraction of sp³-hybridized carbons (Fsp3) is 0.429. The molecule has 0 aliphatic heterocycles. The van der Waals surface area contributed by atoms with Crippen LogP contribution in [0.15, 0.2) is 22.8 Å². The Morgan fingerprint density at radius 3 is 2.78 bits per heavy atom. The van der Waals surface area contributed by atoms with Crippen LogP contribution in [0.4, 0.5) is 0 Å². The first-order valence-corrected chi connectivity index (χ1v) is 6.30. The van der Waals surface area contributed by atoms with E-state index in [4.69, 9.17) is 4.42 Å². The monoisotopic (exact) mass is 245 g/mol. The van der Waals surface area contributed by atoms with Gasteiger partial charge in [0.05, 0.1) is 12.0 Å². The van der Waals surface area contributed by atoms with Crippen molar-refractivity contribution >= 4 is 0 Å². The average Bonchev–Trinajstić information content (AvgIpc) is 2.75. The van der Waals surface area contributed by atoms with Gasteiger partial charge in [0.25, 0.3) is 0 Å². The molecule has 4 heteroatoms. The normalized spacial score (nSPS) is 10.8. The number of nitrogens with zero attached hydrogens (tertiary/aromatic N) is 2. The molecule has 96 valence electrons. The summed E-state index contributed by atoms with van der Waals surface area (Å²) in [5.74, 6) is 1.43. The molecule has 0 saturated heterocycles. The van der Waals surface area contributed by atoms with Gasteiger partial charge in [-0.05, 0) is 44.5 Å². The summed E-state index contributed by atoms with van der Waals surface area (Å²) in [6.45, 7) is 7.89. The van der Waals surface area contributed by atoms with E-state index in [0.29, 0.717) is 5.82 Å². The van der Waals surface area contributed by atoms with Crippen molar-refractivity contribution < 1.29 is 4.42 Å². The number of furan rings is 1. The molecule has 0 fully saturated rings. The lowest BCUT2D eigenvalue weighted by molar-refractivity contribution is 0.574. The van der Waals surface area contributed by atoms with Crippen LogP contribution in [-0.4, -0.2) is 16.5 Å². The van der Waals surface area contributed by atoms with Gasteiger partial charge in [0, 0.05) is 12.2 Å². The molecule has 2 aromatic rings. The first kappa shape index (κ1) is 12.8. The van der Waals surface area contributed by atoms with E-state index >= 15 is 0 Å². The van der Waals surface area contributed by atoms with Crippen molar-refractivity contribution in [3.8, 4) is 11.6 Å². The lowest BCUT2D eigenvalue weighted by Crippen LogP contribution is -2.15. The molecule has 0 unspecified atom stereocenters. The van der Waals surface area contributed by atoms with Crippen LogP contribution in [0.5, 0.6) is 0 Å². The van der Waals surface area contributed by atoms with Crippen LogP contribution >= 0.6 is 0 Å². The molecule has 0 aliphatic carbocycles.